The van der Waals surface area contributed by atoms with Gasteiger partial charge in [-0.15, -0.1) is 0 Å². The van der Waals surface area contributed by atoms with Crippen molar-refractivity contribution < 1.29 is 9.59 Å². The zero-order valence-corrected chi connectivity index (χ0v) is 10.2. The Morgan fingerprint density at radius 1 is 0.882 bits per heavy atom. The summed E-state index contributed by atoms with van der Waals surface area (Å²) in [5, 5.41) is 0. The van der Waals surface area contributed by atoms with Gasteiger partial charge in [-0.3, -0.25) is 14.5 Å². The van der Waals surface area contributed by atoms with E-state index in [4.69, 9.17) is 0 Å². The Morgan fingerprint density at radius 3 is 2.06 bits per heavy atom. The van der Waals surface area contributed by atoms with Crippen molar-refractivity contribution in [1.82, 2.24) is 9.80 Å². The van der Waals surface area contributed by atoms with E-state index in [0.717, 1.165) is 13.0 Å². The van der Waals surface area contributed by atoms with Crippen molar-refractivity contribution in [2.45, 2.75) is 32.1 Å². The van der Waals surface area contributed by atoms with Gasteiger partial charge in [0.15, 0.2) is 0 Å². The number of nitrogens with zero attached hydrogens (tertiary/aromatic N) is 2. The van der Waals surface area contributed by atoms with Gasteiger partial charge in [0, 0.05) is 18.7 Å². The van der Waals surface area contributed by atoms with E-state index in [9.17, 15) is 9.59 Å². The molecule has 94 valence electrons. The van der Waals surface area contributed by atoms with Crippen molar-refractivity contribution in [3.8, 4) is 0 Å². The fraction of sp³-hybridized carbons (Fsp3) is 0.692. The molecule has 1 fully saturated rings. The Kier molecular flexibility index (Phi) is 4.31. The van der Waals surface area contributed by atoms with E-state index in [0.29, 0.717) is 6.54 Å². The van der Waals surface area contributed by atoms with E-state index in [-0.39, 0.29) is 11.8 Å². The van der Waals surface area contributed by atoms with E-state index in [1.54, 1.807) is 0 Å². The molecule has 0 spiro atoms. The Bertz CT molecular complexity index is 299. The monoisotopic (exact) mass is 236 g/mol. The van der Waals surface area contributed by atoms with E-state index in [1.807, 2.05) is 0 Å². The number of likely N-dealkylation sites (tertiary alicyclic amines) is 1. The molecule has 2 aliphatic rings. The van der Waals surface area contributed by atoms with Crippen LogP contribution in [0.25, 0.3) is 0 Å². The molecular formula is C13H20N2O2. The van der Waals surface area contributed by atoms with Crippen molar-refractivity contribution in [2.24, 2.45) is 0 Å². The predicted molar refractivity (Wildman–Crippen MR) is 65.4 cm³/mol. The third-order valence-electron chi connectivity index (χ3n) is 3.46. The highest BCUT2D eigenvalue weighted by molar-refractivity contribution is 6.12. The first-order chi connectivity index (χ1) is 8.27. The van der Waals surface area contributed by atoms with Crippen LogP contribution in [0.1, 0.15) is 32.1 Å². The largest absolute Gasteiger partial charge is 0.303 e. The summed E-state index contributed by atoms with van der Waals surface area (Å²) in [4.78, 5) is 26.4. The minimum Gasteiger partial charge on any atom is -0.303 e. The molecule has 0 saturated carbocycles. The van der Waals surface area contributed by atoms with Gasteiger partial charge < -0.3 is 4.90 Å². The summed E-state index contributed by atoms with van der Waals surface area (Å²) < 4.78 is 0. The molecule has 2 rings (SSSR count). The fourth-order valence-corrected chi connectivity index (χ4v) is 2.46. The Morgan fingerprint density at radius 2 is 1.47 bits per heavy atom. The highest BCUT2D eigenvalue weighted by Gasteiger charge is 2.22. The zero-order chi connectivity index (χ0) is 12.1. The van der Waals surface area contributed by atoms with Gasteiger partial charge in [-0.05, 0) is 38.9 Å². The van der Waals surface area contributed by atoms with Crippen molar-refractivity contribution in [2.75, 3.05) is 26.2 Å². The Hall–Kier alpha value is -1.16. The maximum atomic E-state index is 11.3. The van der Waals surface area contributed by atoms with Gasteiger partial charge in [0.2, 0.25) is 0 Å². The summed E-state index contributed by atoms with van der Waals surface area (Å²) in [5.41, 5.74) is 0. The molecule has 0 atom stereocenters. The molecule has 1 saturated heterocycles. The van der Waals surface area contributed by atoms with Crippen LogP contribution in [0.3, 0.4) is 0 Å². The molecule has 0 radical (unpaired) electrons. The molecule has 2 heterocycles. The molecule has 0 N–H and O–H groups in total. The first kappa shape index (κ1) is 12.3. The van der Waals surface area contributed by atoms with Crippen molar-refractivity contribution in [1.29, 1.82) is 0 Å². The van der Waals surface area contributed by atoms with E-state index >= 15 is 0 Å². The molecule has 2 amide bonds. The van der Waals surface area contributed by atoms with Gasteiger partial charge in [-0.25, -0.2) is 0 Å². The maximum Gasteiger partial charge on any atom is 0.253 e. The number of amides is 2. The number of carbonyl (C=O) groups is 2. The molecular weight excluding hydrogens is 216 g/mol. The first-order valence-electron chi connectivity index (χ1n) is 6.53. The van der Waals surface area contributed by atoms with Crippen LogP contribution >= 0.6 is 0 Å². The molecule has 0 aromatic heterocycles. The zero-order valence-electron chi connectivity index (χ0n) is 10.2. The number of carbonyl (C=O) groups excluding carboxylic acids is 2. The van der Waals surface area contributed by atoms with Crippen molar-refractivity contribution in [3.63, 3.8) is 0 Å². The molecule has 0 unspecified atom stereocenters. The highest BCUT2D eigenvalue weighted by Crippen LogP contribution is 2.10. The SMILES string of the molecule is O=C1C=CC(=O)N1CCCN1CCCCCC1. The van der Waals surface area contributed by atoms with Gasteiger partial charge in [0.05, 0.1) is 0 Å². The van der Waals surface area contributed by atoms with Crippen LogP contribution in [-0.4, -0.2) is 47.8 Å². The standard InChI is InChI=1S/C13H20N2O2/c16-12-6-7-13(17)15(12)11-5-10-14-8-3-1-2-4-9-14/h6-7H,1-5,8-11H2. The number of rotatable bonds is 4. The summed E-state index contributed by atoms with van der Waals surface area (Å²) in [6.07, 6.45) is 8.83. The van der Waals surface area contributed by atoms with Crippen LogP contribution in [0, 0.1) is 0 Å². The van der Waals surface area contributed by atoms with Crippen molar-refractivity contribution >= 4 is 11.8 Å². The first-order valence-corrected chi connectivity index (χ1v) is 6.53. The second-order valence-electron chi connectivity index (χ2n) is 4.77. The third kappa shape index (κ3) is 3.40. The van der Waals surface area contributed by atoms with Crippen LogP contribution in [0.2, 0.25) is 0 Å². The summed E-state index contributed by atoms with van der Waals surface area (Å²) in [7, 11) is 0. The Labute approximate surface area is 102 Å². The summed E-state index contributed by atoms with van der Waals surface area (Å²) in [6.45, 7) is 3.89. The lowest BCUT2D eigenvalue weighted by Gasteiger charge is -2.21. The number of hydrogen-bond donors (Lipinski definition) is 0. The number of imide groups is 1. The molecule has 2 aliphatic heterocycles. The minimum absolute atomic E-state index is 0.161. The molecule has 4 nitrogen and oxygen atoms in total. The average molecular weight is 236 g/mol. The molecule has 0 aliphatic carbocycles. The highest BCUT2D eigenvalue weighted by atomic mass is 16.2. The van der Waals surface area contributed by atoms with Crippen molar-refractivity contribution in [3.05, 3.63) is 12.2 Å². The van der Waals surface area contributed by atoms with Gasteiger partial charge >= 0.3 is 0 Å². The van der Waals surface area contributed by atoms with E-state index < -0.39 is 0 Å². The van der Waals surface area contributed by atoms with Crippen LogP contribution in [0.15, 0.2) is 12.2 Å². The number of hydrogen-bond acceptors (Lipinski definition) is 3. The Balaban J connectivity index is 1.68. The quantitative estimate of drug-likeness (QED) is 0.688. The van der Waals surface area contributed by atoms with E-state index in [1.165, 1.54) is 55.8 Å². The average Bonchev–Trinajstić information content (AvgIpc) is 2.57. The molecule has 0 aromatic rings. The second-order valence-corrected chi connectivity index (χ2v) is 4.77. The molecule has 0 bridgehead atoms. The van der Waals surface area contributed by atoms with Crippen LogP contribution < -0.4 is 0 Å². The van der Waals surface area contributed by atoms with Crippen LogP contribution in [0.4, 0.5) is 0 Å². The lowest BCUT2D eigenvalue weighted by Crippen LogP contribution is -2.34. The smallest absolute Gasteiger partial charge is 0.253 e. The van der Waals surface area contributed by atoms with E-state index in [2.05, 4.69) is 4.90 Å². The van der Waals surface area contributed by atoms with Gasteiger partial charge in [0.1, 0.15) is 0 Å². The van der Waals surface area contributed by atoms with Crippen LogP contribution in [0.5, 0.6) is 0 Å². The summed E-state index contributed by atoms with van der Waals surface area (Å²) in [6, 6.07) is 0. The topological polar surface area (TPSA) is 40.6 Å². The normalized spacial score (nSPS) is 22.2. The molecule has 4 heteroatoms. The second kappa shape index (κ2) is 5.96. The van der Waals surface area contributed by atoms with Crippen LogP contribution in [-0.2, 0) is 9.59 Å². The lowest BCUT2D eigenvalue weighted by molar-refractivity contribution is -0.136. The summed E-state index contributed by atoms with van der Waals surface area (Å²) >= 11 is 0. The fourth-order valence-electron chi connectivity index (χ4n) is 2.46. The van der Waals surface area contributed by atoms with Gasteiger partial charge in [-0.1, -0.05) is 12.8 Å². The summed E-state index contributed by atoms with van der Waals surface area (Å²) in [5.74, 6) is -0.322. The maximum absolute atomic E-state index is 11.3. The van der Waals surface area contributed by atoms with Gasteiger partial charge in [0.25, 0.3) is 11.8 Å². The molecule has 17 heavy (non-hydrogen) atoms. The predicted octanol–water partition coefficient (Wildman–Crippen LogP) is 1.18. The minimum atomic E-state index is -0.161. The molecule has 0 aromatic carbocycles. The van der Waals surface area contributed by atoms with Gasteiger partial charge in [-0.2, -0.15) is 0 Å². The lowest BCUT2D eigenvalue weighted by atomic mass is 10.2. The third-order valence-corrected chi connectivity index (χ3v) is 3.46.